The number of carboxylic acid groups (broad SMARTS) is 1. The first-order chi connectivity index (χ1) is 8.38. The monoisotopic (exact) mass is 246 g/mol. The van der Waals surface area contributed by atoms with Crippen LogP contribution in [0, 0.1) is 5.41 Å². The molecule has 1 heterocycles. The molecule has 0 bridgehead atoms. The summed E-state index contributed by atoms with van der Waals surface area (Å²) in [5, 5.41) is 9.21. The molecule has 0 unspecified atom stereocenters. The van der Waals surface area contributed by atoms with E-state index in [0.717, 1.165) is 18.5 Å². The molecular weight excluding hydrogens is 228 g/mol. The van der Waals surface area contributed by atoms with Crippen LogP contribution in [-0.2, 0) is 6.54 Å². The third-order valence-electron chi connectivity index (χ3n) is 2.97. The highest BCUT2D eigenvalue weighted by molar-refractivity contribution is 6.01. The second-order valence-corrected chi connectivity index (χ2v) is 5.73. The van der Waals surface area contributed by atoms with Crippen molar-refractivity contribution in [3.63, 3.8) is 0 Å². The Bertz CT molecular complexity index is 579. The van der Waals surface area contributed by atoms with Gasteiger partial charge in [0.15, 0.2) is 0 Å². The van der Waals surface area contributed by atoms with E-state index in [4.69, 9.17) is 0 Å². The van der Waals surface area contributed by atoms with E-state index in [1.807, 2.05) is 10.6 Å². The molecule has 0 amide bonds. The number of fused-ring (bicyclic) bond motifs is 1. The quantitative estimate of drug-likeness (QED) is 0.905. The molecule has 0 aliphatic heterocycles. The zero-order valence-corrected chi connectivity index (χ0v) is 11.0. The molecular formula is C14H18N2O2. The lowest BCUT2D eigenvalue weighted by atomic mass is 9.92. The van der Waals surface area contributed by atoms with Gasteiger partial charge in [0.25, 0.3) is 0 Å². The lowest BCUT2D eigenvalue weighted by molar-refractivity contribution is 0.0698. The minimum Gasteiger partial charge on any atom is -0.478 e. The van der Waals surface area contributed by atoms with Gasteiger partial charge in [-0.3, -0.25) is 0 Å². The fourth-order valence-corrected chi connectivity index (χ4v) is 1.92. The fourth-order valence-electron chi connectivity index (χ4n) is 1.92. The molecule has 96 valence electrons. The molecule has 0 fully saturated rings. The van der Waals surface area contributed by atoms with Crippen LogP contribution in [0.25, 0.3) is 11.0 Å². The molecule has 0 aliphatic carbocycles. The van der Waals surface area contributed by atoms with Crippen LogP contribution < -0.4 is 0 Å². The Morgan fingerprint density at radius 2 is 2.11 bits per heavy atom. The molecule has 2 rings (SSSR count). The molecule has 4 heteroatoms. The van der Waals surface area contributed by atoms with Gasteiger partial charge in [0.2, 0.25) is 0 Å². The lowest BCUT2D eigenvalue weighted by Crippen LogP contribution is -2.11. The molecule has 1 aromatic heterocycles. The average Bonchev–Trinajstić information content (AvgIpc) is 2.68. The van der Waals surface area contributed by atoms with Crippen LogP contribution in [-0.4, -0.2) is 20.6 Å². The van der Waals surface area contributed by atoms with Crippen molar-refractivity contribution in [1.29, 1.82) is 0 Å². The summed E-state index contributed by atoms with van der Waals surface area (Å²) in [5.41, 5.74) is 1.99. The number of imidazole rings is 1. The minimum atomic E-state index is -0.905. The van der Waals surface area contributed by atoms with Gasteiger partial charge in [0.05, 0.1) is 22.9 Å². The first-order valence-electron chi connectivity index (χ1n) is 6.06. The van der Waals surface area contributed by atoms with E-state index in [2.05, 4.69) is 25.8 Å². The number of carbonyl (C=O) groups is 1. The summed E-state index contributed by atoms with van der Waals surface area (Å²) in [4.78, 5) is 15.5. The summed E-state index contributed by atoms with van der Waals surface area (Å²) in [5.74, 6) is -0.905. The molecule has 0 saturated carbocycles. The normalized spacial score (nSPS) is 11.9. The van der Waals surface area contributed by atoms with Crippen LogP contribution in [0.5, 0.6) is 0 Å². The topological polar surface area (TPSA) is 55.1 Å². The zero-order chi connectivity index (χ0) is 13.3. The van der Waals surface area contributed by atoms with E-state index in [-0.39, 0.29) is 5.41 Å². The standard InChI is InChI=1S/C14H18N2O2/c1-14(2,3)7-8-16-9-15-11-6-4-5-10(12(11)16)13(17)18/h4-6,9H,7-8H2,1-3H3,(H,17,18). The van der Waals surface area contributed by atoms with Gasteiger partial charge in [-0.15, -0.1) is 0 Å². The van der Waals surface area contributed by atoms with Gasteiger partial charge in [-0.05, 0) is 24.0 Å². The summed E-state index contributed by atoms with van der Waals surface area (Å²) in [6.45, 7) is 7.29. The molecule has 0 spiro atoms. The third kappa shape index (κ3) is 2.53. The molecule has 0 aliphatic rings. The van der Waals surface area contributed by atoms with Gasteiger partial charge in [0, 0.05) is 6.54 Å². The number of aryl methyl sites for hydroxylation is 1. The Labute approximate surface area is 106 Å². The zero-order valence-electron chi connectivity index (χ0n) is 11.0. The van der Waals surface area contributed by atoms with Crippen molar-refractivity contribution in [2.24, 2.45) is 5.41 Å². The van der Waals surface area contributed by atoms with Crippen LogP contribution in [0.15, 0.2) is 24.5 Å². The summed E-state index contributed by atoms with van der Waals surface area (Å²) in [6.07, 6.45) is 2.70. The number of para-hydroxylation sites is 1. The average molecular weight is 246 g/mol. The van der Waals surface area contributed by atoms with Crippen molar-refractivity contribution in [2.45, 2.75) is 33.7 Å². The molecule has 0 radical (unpaired) electrons. The van der Waals surface area contributed by atoms with E-state index >= 15 is 0 Å². The Hall–Kier alpha value is -1.84. The van der Waals surface area contributed by atoms with Gasteiger partial charge in [-0.1, -0.05) is 26.8 Å². The summed E-state index contributed by atoms with van der Waals surface area (Å²) < 4.78 is 1.93. The molecule has 0 saturated heterocycles. The van der Waals surface area contributed by atoms with E-state index in [1.54, 1.807) is 18.5 Å². The minimum absolute atomic E-state index is 0.217. The van der Waals surface area contributed by atoms with Crippen LogP contribution in [0.3, 0.4) is 0 Å². The molecule has 0 atom stereocenters. The van der Waals surface area contributed by atoms with Crippen molar-refractivity contribution >= 4 is 17.0 Å². The number of nitrogens with zero attached hydrogens (tertiary/aromatic N) is 2. The van der Waals surface area contributed by atoms with Gasteiger partial charge in [-0.2, -0.15) is 0 Å². The number of hydrogen-bond acceptors (Lipinski definition) is 2. The number of aromatic nitrogens is 2. The third-order valence-corrected chi connectivity index (χ3v) is 2.97. The first-order valence-corrected chi connectivity index (χ1v) is 6.06. The fraction of sp³-hybridized carbons (Fsp3) is 0.429. The van der Waals surface area contributed by atoms with Gasteiger partial charge >= 0.3 is 5.97 Å². The Balaban J connectivity index is 2.42. The maximum absolute atomic E-state index is 11.2. The molecule has 4 nitrogen and oxygen atoms in total. The second-order valence-electron chi connectivity index (χ2n) is 5.73. The molecule has 1 aromatic carbocycles. The largest absolute Gasteiger partial charge is 0.478 e. The van der Waals surface area contributed by atoms with Crippen molar-refractivity contribution < 1.29 is 9.90 Å². The highest BCUT2D eigenvalue weighted by Gasteiger charge is 2.15. The van der Waals surface area contributed by atoms with E-state index in [0.29, 0.717) is 11.1 Å². The highest BCUT2D eigenvalue weighted by Crippen LogP contribution is 2.23. The Kier molecular flexibility index (Phi) is 3.11. The number of aromatic carboxylic acids is 1. The lowest BCUT2D eigenvalue weighted by Gasteiger charge is -2.18. The van der Waals surface area contributed by atoms with Gasteiger partial charge < -0.3 is 9.67 Å². The van der Waals surface area contributed by atoms with Crippen LogP contribution in [0.4, 0.5) is 0 Å². The maximum Gasteiger partial charge on any atom is 0.337 e. The number of rotatable bonds is 3. The van der Waals surface area contributed by atoms with E-state index in [1.165, 1.54) is 0 Å². The van der Waals surface area contributed by atoms with Crippen molar-refractivity contribution in [3.8, 4) is 0 Å². The molecule has 1 N–H and O–H groups in total. The molecule has 2 aromatic rings. The summed E-state index contributed by atoms with van der Waals surface area (Å²) >= 11 is 0. The smallest absolute Gasteiger partial charge is 0.337 e. The van der Waals surface area contributed by atoms with Gasteiger partial charge in [-0.25, -0.2) is 9.78 Å². The van der Waals surface area contributed by atoms with Crippen LogP contribution in [0.2, 0.25) is 0 Å². The predicted molar refractivity (Wildman–Crippen MR) is 70.8 cm³/mol. The highest BCUT2D eigenvalue weighted by atomic mass is 16.4. The SMILES string of the molecule is CC(C)(C)CCn1cnc2cccc(C(=O)O)c21. The molecule has 18 heavy (non-hydrogen) atoms. The van der Waals surface area contributed by atoms with Crippen LogP contribution >= 0.6 is 0 Å². The summed E-state index contributed by atoms with van der Waals surface area (Å²) in [7, 11) is 0. The van der Waals surface area contributed by atoms with Crippen molar-refractivity contribution in [2.75, 3.05) is 0 Å². The van der Waals surface area contributed by atoms with Crippen LogP contribution in [0.1, 0.15) is 37.6 Å². The second kappa shape index (κ2) is 4.44. The predicted octanol–water partition coefficient (Wildman–Crippen LogP) is 3.17. The Morgan fingerprint density at radius 3 is 2.72 bits per heavy atom. The van der Waals surface area contributed by atoms with Gasteiger partial charge in [0.1, 0.15) is 0 Å². The van der Waals surface area contributed by atoms with Crippen molar-refractivity contribution in [3.05, 3.63) is 30.1 Å². The van der Waals surface area contributed by atoms with E-state index < -0.39 is 5.97 Å². The maximum atomic E-state index is 11.2. The Morgan fingerprint density at radius 1 is 1.39 bits per heavy atom. The van der Waals surface area contributed by atoms with Crippen molar-refractivity contribution in [1.82, 2.24) is 9.55 Å². The number of hydrogen-bond donors (Lipinski definition) is 1. The number of benzene rings is 1. The van der Waals surface area contributed by atoms with E-state index in [9.17, 15) is 9.90 Å². The summed E-state index contributed by atoms with van der Waals surface area (Å²) in [6, 6.07) is 5.20. The first kappa shape index (κ1) is 12.6. The number of carboxylic acids is 1.